The average molecular weight is 397 g/mol. The maximum Gasteiger partial charge on any atom is 0.332 e. The molecule has 29 heavy (non-hydrogen) atoms. The van der Waals surface area contributed by atoms with Crippen LogP contribution in [0.25, 0.3) is 11.2 Å². The summed E-state index contributed by atoms with van der Waals surface area (Å²) in [5.41, 5.74) is 3.48. The van der Waals surface area contributed by atoms with Crippen LogP contribution in [0.4, 0.5) is 11.6 Å². The minimum Gasteiger partial charge on any atom is -0.311 e. The van der Waals surface area contributed by atoms with Crippen molar-refractivity contribution in [1.29, 1.82) is 0 Å². The number of nitrogens with two attached hydrogens (primary N) is 1. The Bertz CT molecular complexity index is 1240. The third kappa shape index (κ3) is 2.92. The lowest BCUT2D eigenvalue weighted by Crippen LogP contribution is -2.45. The normalized spacial score (nSPS) is 16.1. The van der Waals surface area contributed by atoms with Crippen molar-refractivity contribution in [3.8, 4) is 0 Å². The van der Waals surface area contributed by atoms with E-state index in [9.17, 15) is 14.4 Å². The first-order chi connectivity index (χ1) is 13.8. The molecule has 3 heterocycles. The molecule has 10 heteroatoms. The molecule has 10 nitrogen and oxygen atoms in total. The fourth-order valence-corrected chi connectivity index (χ4v) is 3.90. The first kappa shape index (κ1) is 18.9. The Labute approximate surface area is 166 Å². The zero-order chi connectivity index (χ0) is 20.9. The Balaban J connectivity index is 2.00. The molecule has 0 unspecified atom stereocenters. The molecule has 0 saturated heterocycles. The number of carbonyl (C=O) groups excluding carboxylic acids is 1. The van der Waals surface area contributed by atoms with Crippen LogP contribution in [0, 0.1) is 12.8 Å². The van der Waals surface area contributed by atoms with Gasteiger partial charge in [-0.05, 0) is 24.5 Å². The van der Waals surface area contributed by atoms with Crippen LogP contribution in [0.15, 0.2) is 33.9 Å². The summed E-state index contributed by atoms with van der Waals surface area (Å²) in [5.74, 6) is 5.36. The molecule has 1 aliphatic heterocycles. The van der Waals surface area contributed by atoms with Gasteiger partial charge in [0.25, 0.3) is 11.5 Å². The van der Waals surface area contributed by atoms with Gasteiger partial charge in [-0.25, -0.2) is 15.2 Å². The molecular formula is C19H23N7O3. The number of carbonyl (C=O) groups is 1. The van der Waals surface area contributed by atoms with E-state index < -0.39 is 23.7 Å². The maximum atomic E-state index is 13.2. The molecule has 0 saturated carbocycles. The third-order valence-corrected chi connectivity index (χ3v) is 5.31. The van der Waals surface area contributed by atoms with Crippen LogP contribution >= 0.6 is 0 Å². The first-order valence-corrected chi connectivity index (χ1v) is 9.36. The van der Waals surface area contributed by atoms with Crippen molar-refractivity contribution >= 4 is 28.7 Å². The quantitative estimate of drug-likeness (QED) is 0.364. The Morgan fingerprint density at radius 2 is 2.00 bits per heavy atom. The predicted molar refractivity (Wildman–Crippen MR) is 109 cm³/mol. The van der Waals surface area contributed by atoms with Gasteiger partial charge in [-0.2, -0.15) is 4.98 Å². The Kier molecular flexibility index (Phi) is 4.50. The number of hydrazine groups is 1. The molecule has 1 aliphatic rings. The number of aryl methyl sites for hydroxylation is 2. The summed E-state index contributed by atoms with van der Waals surface area (Å²) in [6, 6.07) is 7.97. The van der Waals surface area contributed by atoms with Crippen molar-refractivity contribution < 1.29 is 4.79 Å². The second kappa shape index (κ2) is 6.89. The smallest absolute Gasteiger partial charge is 0.311 e. The molecule has 152 valence electrons. The third-order valence-electron chi connectivity index (χ3n) is 5.31. The summed E-state index contributed by atoms with van der Waals surface area (Å²) < 4.78 is 4.03. The second-order valence-corrected chi connectivity index (χ2v) is 7.50. The number of para-hydroxylation sites is 1. The van der Waals surface area contributed by atoms with Crippen LogP contribution in [0.2, 0.25) is 0 Å². The molecule has 1 amide bonds. The van der Waals surface area contributed by atoms with E-state index in [1.165, 1.54) is 4.57 Å². The van der Waals surface area contributed by atoms with Gasteiger partial charge in [-0.15, -0.1) is 0 Å². The number of nitrogens with zero attached hydrogens (tertiary/aromatic N) is 5. The van der Waals surface area contributed by atoms with Gasteiger partial charge in [0, 0.05) is 25.8 Å². The highest BCUT2D eigenvalue weighted by molar-refractivity contribution is 5.79. The number of anilines is 2. The highest BCUT2D eigenvalue weighted by atomic mass is 16.2. The number of fused-ring (bicyclic) bond motifs is 3. The molecule has 3 aromatic rings. The van der Waals surface area contributed by atoms with E-state index >= 15 is 0 Å². The maximum absolute atomic E-state index is 13.2. The van der Waals surface area contributed by atoms with E-state index in [-0.39, 0.29) is 5.92 Å². The minimum absolute atomic E-state index is 0.247. The highest BCUT2D eigenvalue weighted by Crippen LogP contribution is 2.34. The topological polar surface area (TPSA) is 120 Å². The molecular weight excluding hydrogens is 374 g/mol. The summed E-state index contributed by atoms with van der Waals surface area (Å²) in [6.07, 6.45) is 0. The predicted octanol–water partition coefficient (Wildman–Crippen LogP) is -0.0172. The van der Waals surface area contributed by atoms with E-state index in [1.807, 2.05) is 41.2 Å². The lowest BCUT2D eigenvalue weighted by atomic mass is 10.1. The Morgan fingerprint density at radius 1 is 1.28 bits per heavy atom. The SMILES string of the molecule is Cc1ccccc1N1C[C@H](C)Cn2c1nc1c2c(=O)n(CC(=O)NN)c(=O)n1C. The summed E-state index contributed by atoms with van der Waals surface area (Å²) in [6.45, 7) is 5.00. The minimum atomic E-state index is -0.628. The van der Waals surface area contributed by atoms with Crippen LogP contribution in [-0.2, 0) is 24.9 Å². The van der Waals surface area contributed by atoms with Gasteiger partial charge in [-0.1, -0.05) is 25.1 Å². The van der Waals surface area contributed by atoms with Crippen LogP contribution in [0.5, 0.6) is 0 Å². The summed E-state index contributed by atoms with van der Waals surface area (Å²) in [4.78, 5) is 44.3. The van der Waals surface area contributed by atoms with Crippen molar-refractivity contribution in [3.63, 3.8) is 0 Å². The summed E-state index contributed by atoms with van der Waals surface area (Å²) in [5, 5.41) is 0. The molecule has 0 fully saturated rings. The van der Waals surface area contributed by atoms with E-state index in [4.69, 9.17) is 5.84 Å². The Morgan fingerprint density at radius 3 is 2.69 bits per heavy atom. The monoisotopic (exact) mass is 397 g/mol. The van der Waals surface area contributed by atoms with Gasteiger partial charge in [0.2, 0.25) is 5.95 Å². The van der Waals surface area contributed by atoms with Gasteiger partial charge >= 0.3 is 5.69 Å². The van der Waals surface area contributed by atoms with Gasteiger partial charge in [0.15, 0.2) is 11.2 Å². The molecule has 0 radical (unpaired) electrons. The van der Waals surface area contributed by atoms with Crippen LogP contribution < -0.4 is 27.4 Å². The van der Waals surface area contributed by atoms with Gasteiger partial charge in [-0.3, -0.25) is 19.6 Å². The van der Waals surface area contributed by atoms with Gasteiger partial charge in [0.05, 0.1) is 0 Å². The zero-order valence-corrected chi connectivity index (χ0v) is 16.5. The summed E-state index contributed by atoms with van der Waals surface area (Å²) in [7, 11) is 1.54. The lowest BCUT2D eigenvalue weighted by molar-refractivity contribution is -0.121. The zero-order valence-electron chi connectivity index (χ0n) is 16.5. The van der Waals surface area contributed by atoms with Crippen molar-refractivity contribution in [2.75, 3.05) is 11.4 Å². The number of benzene rings is 1. The molecule has 2 aromatic heterocycles. The fourth-order valence-electron chi connectivity index (χ4n) is 3.90. The van der Waals surface area contributed by atoms with E-state index in [1.54, 1.807) is 7.05 Å². The standard InChI is InChI=1S/C19H23N7O3/c1-11-8-24(13-7-5-4-6-12(13)2)18-21-16-15(25(18)9-11)17(28)26(10-14(27)22-20)19(29)23(16)3/h4-7,11H,8-10,20H2,1-3H3,(H,22,27)/t11-/m0/s1. The fraction of sp³-hybridized carbons (Fsp3) is 0.368. The molecule has 1 atom stereocenters. The number of aromatic nitrogens is 4. The van der Waals surface area contributed by atoms with Gasteiger partial charge < -0.3 is 9.47 Å². The van der Waals surface area contributed by atoms with E-state index in [2.05, 4.69) is 16.8 Å². The van der Waals surface area contributed by atoms with Crippen molar-refractivity contribution in [3.05, 3.63) is 50.7 Å². The molecule has 3 N–H and O–H groups in total. The van der Waals surface area contributed by atoms with Crippen LogP contribution in [0.3, 0.4) is 0 Å². The molecule has 1 aromatic carbocycles. The number of amides is 1. The number of nitrogens with one attached hydrogen (secondary N) is 1. The highest BCUT2D eigenvalue weighted by Gasteiger charge is 2.30. The number of hydrogen-bond acceptors (Lipinski definition) is 6. The molecule has 4 rings (SSSR count). The number of imidazole rings is 1. The van der Waals surface area contributed by atoms with Crippen LogP contribution in [0.1, 0.15) is 12.5 Å². The number of hydrogen-bond donors (Lipinski definition) is 2. The lowest BCUT2D eigenvalue weighted by Gasteiger charge is -2.33. The second-order valence-electron chi connectivity index (χ2n) is 7.50. The average Bonchev–Trinajstić information content (AvgIpc) is 3.08. The number of rotatable bonds is 3. The first-order valence-electron chi connectivity index (χ1n) is 9.36. The van der Waals surface area contributed by atoms with Crippen molar-refractivity contribution in [2.45, 2.75) is 26.9 Å². The van der Waals surface area contributed by atoms with Gasteiger partial charge in [0.1, 0.15) is 6.54 Å². The molecule has 0 bridgehead atoms. The van der Waals surface area contributed by atoms with E-state index in [0.29, 0.717) is 23.7 Å². The van der Waals surface area contributed by atoms with Crippen LogP contribution in [-0.4, -0.2) is 31.1 Å². The largest absolute Gasteiger partial charge is 0.332 e. The van der Waals surface area contributed by atoms with Crippen molar-refractivity contribution in [2.24, 2.45) is 18.8 Å². The van der Waals surface area contributed by atoms with Crippen molar-refractivity contribution in [1.82, 2.24) is 24.1 Å². The van der Waals surface area contributed by atoms with E-state index in [0.717, 1.165) is 22.4 Å². The molecule has 0 spiro atoms. The molecule has 0 aliphatic carbocycles. The Hall–Kier alpha value is -3.40. The summed E-state index contributed by atoms with van der Waals surface area (Å²) >= 11 is 0.